The average Bonchev–Trinajstić information content (AvgIpc) is 2.96. The van der Waals surface area contributed by atoms with Gasteiger partial charge in [-0.2, -0.15) is 0 Å². The second kappa shape index (κ2) is 6.87. The standard InChI is InChI=1S/C15H10ClF2N3O3S/c16-6-3-8-14(20-4-6)25-15(21-8)9(22)5-24-10-2-1-7(17)11(12(10)18)13(19)23/h1-4,9,22H,5H2,(H2,19,23). The predicted molar refractivity (Wildman–Crippen MR) is 87.8 cm³/mol. The van der Waals surface area contributed by atoms with Gasteiger partial charge in [0.25, 0.3) is 5.91 Å². The molecular formula is C15H10ClF2N3O3S. The number of hydrogen-bond donors (Lipinski definition) is 2. The van der Waals surface area contributed by atoms with Gasteiger partial charge >= 0.3 is 0 Å². The minimum atomic E-state index is -1.25. The molecule has 1 amide bonds. The summed E-state index contributed by atoms with van der Waals surface area (Å²) in [5.41, 5.74) is 4.55. The molecular weight excluding hydrogens is 376 g/mol. The Morgan fingerprint density at radius 3 is 2.92 bits per heavy atom. The van der Waals surface area contributed by atoms with Crippen molar-refractivity contribution in [2.24, 2.45) is 5.73 Å². The van der Waals surface area contributed by atoms with Crippen molar-refractivity contribution in [3.63, 3.8) is 0 Å². The fourth-order valence-electron chi connectivity index (χ4n) is 2.07. The van der Waals surface area contributed by atoms with Gasteiger partial charge in [0, 0.05) is 6.20 Å². The van der Waals surface area contributed by atoms with Crippen molar-refractivity contribution in [2.75, 3.05) is 6.61 Å². The molecule has 0 aliphatic heterocycles. The summed E-state index contributed by atoms with van der Waals surface area (Å²) in [5, 5.41) is 10.8. The molecule has 2 heterocycles. The maximum atomic E-state index is 14.1. The van der Waals surface area contributed by atoms with Gasteiger partial charge in [-0.25, -0.2) is 18.7 Å². The van der Waals surface area contributed by atoms with Gasteiger partial charge in [-0.3, -0.25) is 4.79 Å². The zero-order valence-corrected chi connectivity index (χ0v) is 13.9. The number of benzene rings is 1. The van der Waals surface area contributed by atoms with Gasteiger partial charge in [-0.05, 0) is 18.2 Å². The summed E-state index contributed by atoms with van der Waals surface area (Å²) in [6, 6.07) is 3.45. The summed E-state index contributed by atoms with van der Waals surface area (Å²) >= 11 is 6.95. The number of aliphatic hydroxyl groups is 1. The van der Waals surface area contributed by atoms with Crippen LogP contribution in [-0.2, 0) is 0 Å². The normalized spacial score (nSPS) is 12.3. The lowest BCUT2D eigenvalue weighted by molar-refractivity contribution is 0.0982. The first-order valence-corrected chi connectivity index (χ1v) is 8.07. The number of amides is 1. The molecule has 2 aromatic heterocycles. The van der Waals surface area contributed by atoms with Gasteiger partial charge in [0.15, 0.2) is 11.6 Å². The van der Waals surface area contributed by atoms with Gasteiger partial charge in [0.2, 0.25) is 0 Å². The first-order chi connectivity index (χ1) is 11.9. The van der Waals surface area contributed by atoms with E-state index in [0.717, 1.165) is 23.5 Å². The number of halogens is 3. The van der Waals surface area contributed by atoms with E-state index in [4.69, 9.17) is 22.1 Å². The van der Waals surface area contributed by atoms with E-state index in [1.165, 1.54) is 6.20 Å². The van der Waals surface area contributed by atoms with Crippen LogP contribution in [0.3, 0.4) is 0 Å². The zero-order valence-electron chi connectivity index (χ0n) is 12.4. The van der Waals surface area contributed by atoms with E-state index in [1.54, 1.807) is 6.07 Å². The third-order valence-electron chi connectivity index (χ3n) is 3.21. The maximum absolute atomic E-state index is 14.1. The van der Waals surface area contributed by atoms with Gasteiger partial charge in [-0.1, -0.05) is 22.9 Å². The molecule has 1 atom stereocenters. The van der Waals surface area contributed by atoms with Crippen molar-refractivity contribution in [1.29, 1.82) is 0 Å². The van der Waals surface area contributed by atoms with Gasteiger partial charge in [-0.15, -0.1) is 0 Å². The SMILES string of the molecule is NC(=O)c1c(F)ccc(OCC(O)c2nc3cc(Cl)cnc3s2)c1F. The average molecular weight is 386 g/mol. The number of aromatic nitrogens is 2. The van der Waals surface area contributed by atoms with Crippen LogP contribution >= 0.6 is 22.9 Å². The van der Waals surface area contributed by atoms with E-state index in [-0.39, 0.29) is 6.61 Å². The number of carbonyl (C=O) groups is 1. The van der Waals surface area contributed by atoms with Crippen LogP contribution in [0, 0.1) is 11.6 Å². The summed E-state index contributed by atoms with van der Waals surface area (Å²) < 4.78 is 32.6. The Bertz CT molecular complexity index is 967. The first kappa shape index (κ1) is 17.5. The minimum absolute atomic E-state index is 0.294. The number of fused-ring (bicyclic) bond motifs is 1. The van der Waals surface area contributed by atoms with Crippen LogP contribution in [0.2, 0.25) is 5.02 Å². The van der Waals surface area contributed by atoms with Gasteiger partial charge < -0.3 is 15.6 Å². The van der Waals surface area contributed by atoms with Gasteiger partial charge in [0.1, 0.15) is 39.4 Å². The summed E-state index contributed by atoms with van der Waals surface area (Å²) in [5.74, 6) is -3.98. The molecule has 1 aromatic carbocycles. The maximum Gasteiger partial charge on any atom is 0.254 e. The number of primary amides is 1. The van der Waals surface area contributed by atoms with E-state index >= 15 is 0 Å². The summed E-state index contributed by atoms with van der Waals surface area (Å²) in [4.78, 5) is 19.9. The highest BCUT2D eigenvalue weighted by Crippen LogP contribution is 2.28. The highest BCUT2D eigenvalue weighted by molar-refractivity contribution is 7.18. The van der Waals surface area contributed by atoms with E-state index in [9.17, 15) is 18.7 Å². The lowest BCUT2D eigenvalue weighted by atomic mass is 10.1. The number of thiazole rings is 1. The van der Waals surface area contributed by atoms with Crippen molar-refractivity contribution in [3.8, 4) is 5.75 Å². The van der Waals surface area contributed by atoms with Crippen LogP contribution in [-0.4, -0.2) is 27.6 Å². The van der Waals surface area contributed by atoms with Gasteiger partial charge in [0.05, 0.1) is 5.02 Å². The lowest BCUT2D eigenvalue weighted by Crippen LogP contribution is -2.17. The quantitative estimate of drug-likeness (QED) is 0.703. The van der Waals surface area contributed by atoms with Crippen LogP contribution in [0.25, 0.3) is 10.3 Å². The number of nitrogens with zero attached hydrogens (tertiary/aromatic N) is 2. The summed E-state index contributed by atoms with van der Waals surface area (Å²) in [6.07, 6.45) is 0.271. The Hall–Kier alpha value is -2.36. The molecule has 0 aliphatic rings. The largest absolute Gasteiger partial charge is 0.487 e. The van der Waals surface area contributed by atoms with E-state index in [2.05, 4.69) is 9.97 Å². The summed E-state index contributed by atoms with van der Waals surface area (Å²) in [7, 11) is 0. The molecule has 0 aliphatic carbocycles. The predicted octanol–water partition coefficient (Wildman–Crippen LogP) is 2.83. The zero-order chi connectivity index (χ0) is 18.1. The van der Waals surface area contributed by atoms with Crippen molar-refractivity contribution in [2.45, 2.75) is 6.10 Å². The van der Waals surface area contributed by atoms with Crippen molar-refractivity contribution in [3.05, 3.63) is 51.6 Å². The number of hydrogen-bond acceptors (Lipinski definition) is 6. The lowest BCUT2D eigenvalue weighted by Gasteiger charge is -2.12. The summed E-state index contributed by atoms with van der Waals surface area (Å²) in [6.45, 7) is -0.367. The fraction of sp³-hybridized carbons (Fsp3) is 0.133. The number of carbonyl (C=O) groups excluding carboxylic acids is 1. The number of nitrogens with two attached hydrogens (primary N) is 1. The Labute approximate surface area is 148 Å². The number of rotatable bonds is 5. The molecule has 0 fully saturated rings. The molecule has 3 rings (SSSR count). The Morgan fingerprint density at radius 2 is 2.20 bits per heavy atom. The third-order valence-corrected chi connectivity index (χ3v) is 4.50. The monoisotopic (exact) mass is 385 g/mol. The molecule has 0 bridgehead atoms. The molecule has 0 saturated carbocycles. The Kier molecular flexibility index (Phi) is 4.80. The van der Waals surface area contributed by atoms with Crippen LogP contribution in [0.1, 0.15) is 21.5 Å². The molecule has 130 valence electrons. The van der Waals surface area contributed by atoms with E-state index in [1.807, 2.05) is 0 Å². The molecule has 10 heteroatoms. The van der Waals surface area contributed by atoms with Crippen LogP contribution in [0.15, 0.2) is 24.4 Å². The second-order valence-electron chi connectivity index (χ2n) is 4.96. The molecule has 0 radical (unpaired) electrons. The van der Waals surface area contributed by atoms with Crippen LogP contribution < -0.4 is 10.5 Å². The Morgan fingerprint density at radius 1 is 1.44 bits per heavy atom. The molecule has 3 aromatic rings. The first-order valence-electron chi connectivity index (χ1n) is 6.87. The highest BCUT2D eigenvalue weighted by Gasteiger charge is 2.21. The van der Waals surface area contributed by atoms with Crippen molar-refractivity contribution >= 4 is 39.2 Å². The van der Waals surface area contributed by atoms with Crippen molar-refractivity contribution in [1.82, 2.24) is 9.97 Å². The van der Waals surface area contributed by atoms with E-state index < -0.39 is 35.0 Å². The highest BCUT2D eigenvalue weighted by atomic mass is 35.5. The van der Waals surface area contributed by atoms with E-state index in [0.29, 0.717) is 20.4 Å². The molecule has 0 saturated heterocycles. The molecule has 3 N–H and O–H groups in total. The topological polar surface area (TPSA) is 98.3 Å². The molecule has 0 spiro atoms. The fourth-order valence-corrected chi connectivity index (χ4v) is 3.08. The number of aliphatic hydroxyl groups excluding tert-OH is 1. The smallest absolute Gasteiger partial charge is 0.254 e. The van der Waals surface area contributed by atoms with Crippen LogP contribution in [0.4, 0.5) is 8.78 Å². The molecule has 1 unspecified atom stereocenters. The number of pyridine rings is 1. The van der Waals surface area contributed by atoms with Crippen LogP contribution in [0.5, 0.6) is 5.75 Å². The Balaban J connectivity index is 1.78. The molecule has 6 nitrogen and oxygen atoms in total. The number of ether oxygens (including phenoxy) is 1. The minimum Gasteiger partial charge on any atom is -0.487 e. The molecule has 25 heavy (non-hydrogen) atoms. The third kappa shape index (κ3) is 3.53. The van der Waals surface area contributed by atoms with Crippen molar-refractivity contribution < 1.29 is 23.4 Å². The second-order valence-corrected chi connectivity index (χ2v) is 6.40.